The molecule has 1 amide bonds. The molecule has 2 N–H and O–H groups in total. The van der Waals surface area contributed by atoms with E-state index in [-0.39, 0.29) is 5.69 Å². The molecule has 1 aliphatic heterocycles. The molecule has 0 bridgehead atoms. The van der Waals surface area contributed by atoms with Gasteiger partial charge < -0.3 is 15.4 Å². The van der Waals surface area contributed by atoms with Crippen LogP contribution in [-0.2, 0) is 0 Å². The van der Waals surface area contributed by atoms with Gasteiger partial charge in [0.1, 0.15) is 22.8 Å². The molecule has 2 aliphatic rings. The molecule has 5 rings (SSSR count). The molecule has 0 aromatic carbocycles. The number of rotatable bonds is 7. The Kier molecular flexibility index (Phi) is 5.01. The molecule has 160 valence electrons. The molecule has 4 heterocycles. The molecule has 1 atom stereocenters. The minimum Gasteiger partial charge on any atom is -0.481 e. The van der Waals surface area contributed by atoms with Gasteiger partial charge in [-0.05, 0) is 39.2 Å². The Morgan fingerprint density at radius 1 is 1.26 bits per heavy atom. The Labute approximate surface area is 183 Å². The summed E-state index contributed by atoms with van der Waals surface area (Å²) in [5.41, 5.74) is 7.15. The number of aryl methyl sites for hydroxylation is 1. The summed E-state index contributed by atoms with van der Waals surface area (Å²) < 4.78 is 6.06. The first-order valence-corrected chi connectivity index (χ1v) is 11.2. The van der Waals surface area contributed by atoms with Gasteiger partial charge in [0.25, 0.3) is 5.91 Å². The molecule has 9 nitrogen and oxygen atoms in total. The van der Waals surface area contributed by atoms with Gasteiger partial charge in [-0.2, -0.15) is 0 Å². The average Bonchev–Trinajstić information content (AvgIpc) is 3.47. The lowest BCUT2D eigenvalue weighted by atomic mass is 10.1. The lowest BCUT2D eigenvalue weighted by Gasteiger charge is -2.32. The largest absolute Gasteiger partial charge is 0.481 e. The molecule has 1 saturated carbocycles. The normalized spacial score (nSPS) is 16.6. The van der Waals surface area contributed by atoms with Crippen molar-refractivity contribution in [2.45, 2.75) is 45.1 Å². The standard InChI is InChI=1S/C21H23N7O2S/c1-11(21-27-26-12(2)31-21)30-16-8-14(10-23-18(16)19(22)29)15-9-17(28-6-3-7-28)25-20(24-15)13-4-5-13/h8-11,13H,3-7H2,1-2H3,(H2,22,29). The third kappa shape index (κ3) is 4.07. The van der Waals surface area contributed by atoms with Crippen molar-refractivity contribution in [2.24, 2.45) is 5.73 Å². The number of carbonyl (C=O) groups excluding carboxylic acids is 1. The fraction of sp³-hybridized carbons (Fsp3) is 0.429. The van der Waals surface area contributed by atoms with E-state index >= 15 is 0 Å². The van der Waals surface area contributed by atoms with Crippen molar-refractivity contribution in [3.05, 3.63) is 39.9 Å². The molecule has 1 saturated heterocycles. The zero-order chi connectivity index (χ0) is 21.5. The SMILES string of the molecule is Cc1nnc(C(C)Oc2cc(-c3cc(N4CCC4)nc(C4CC4)n3)cnc2C(N)=O)s1. The fourth-order valence-corrected chi connectivity index (χ4v) is 4.09. The van der Waals surface area contributed by atoms with Gasteiger partial charge in [0.2, 0.25) is 0 Å². The molecular formula is C21H23N7O2S. The second kappa shape index (κ2) is 7.84. The van der Waals surface area contributed by atoms with Gasteiger partial charge in [0.15, 0.2) is 16.5 Å². The highest BCUT2D eigenvalue weighted by molar-refractivity contribution is 7.11. The first-order valence-electron chi connectivity index (χ1n) is 10.4. The minimum atomic E-state index is -0.648. The van der Waals surface area contributed by atoms with E-state index in [2.05, 4.69) is 20.1 Å². The summed E-state index contributed by atoms with van der Waals surface area (Å²) in [6, 6.07) is 3.75. The third-order valence-electron chi connectivity index (χ3n) is 5.43. The van der Waals surface area contributed by atoms with Crippen molar-refractivity contribution in [1.82, 2.24) is 25.1 Å². The van der Waals surface area contributed by atoms with Crippen molar-refractivity contribution in [2.75, 3.05) is 18.0 Å². The smallest absolute Gasteiger partial charge is 0.271 e. The average molecular weight is 438 g/mol. The van der Waals surface area contributed by atoms with Gasteiger partial charge in [-0.1, -0.05) is 11.3 Å². The van der Waals surface area contributed by atoms with E-state index in [4.69, 9.17) is 20.4 Å². The number of anilines is 1. The number of hydrogen-bond acceptors (Lipinski definition) is 9. The lowest BCUT2D eigenvalue weighted by Crippen LogP contribution is -2.37. The number of aromatic nitrogens is 5. The van der Waals surface area contributed by atoms with Crippen molar-refractivity contribution < 1.29 is 9.53 Å². The molecule has 1 aliphatic carbocycles. The maximum atomic E-state index is 12.0. The Morgan fingerprint density at radius 3 is 2.68 bits per heavy atom. The quantitative estimate of drug-likeness (QED) is 0.599. The Morgan fingerprint density at radius 2 is 2.06 bits per heavy atom. The molecule has 1 unspecified atom stereocenters. The number of nitrogens with zero attached hydrogens (tertiary/aromatic N) is 6. The summed E-state index contributed by atoms with van der Waals surface area (Å²) in [6.07, 6.45) is 4.63. The summed E-state index contributed by atoms with van der Waals surface area (Å²) in [4.78, 5) is 28.1. The second-order valence-corrected chi connectivity index (χ2v) is 9.15. The van der Waals surface area contributed by atoms with Crippen LogP contribution in [0.25, 0.3) is 11.3 Å². The highest BCUT2D eigenvalue weighted by atomic mass is 32.1. The molecule has 3 aromatic heterocycles. The molecule has 31 heavy (non-hydrogen) atoms. The molecular weight excluding hydrogens is 414 g/mol. The molecule has 0 spiro atoms. The van der Waals surface area contributed by atoms with Crippen LogP contribution in [-0.4, -0.2) is 44.1 Å². The van der Waals surface area contributed by atoms with Gasteiger partial charge in [-0.15, -0.1) is 10.2 Å². The van der Waals surface area contributed by atoms with Crippen molar-refractivity contribution in [3.8, 4) is 17.0 Å². The van der Waals surface area contributed by atoms with E-state index in [9.17, 15) is 4.79 Å². The van der Waals surface area contributed by atoms with Gasteiger partial charge in [-0.3, -0.25) is 4.79 Å². The summed E-state index contributed by atoms with van der Waals surface area (Å²) in [6.45, 7) is 5.75. The third-order valence-corrected chi connectivity index (χ3v) is 6.43. The van der Waals surface area contributed by atoms with E-state index < -0.39 is 12.0 Å². The topological polar surface area (TPSA) is 120 Å². The highest BCUT2D eigenvalue weighted by Gasteiger charge is 2.29. The van der Waals surface area contributed by atoms with Gasteiger partial charge in [0, 0.05) is 36.8 Å². The molecule has 3 aromatic rings. The van der Waals surface area contributed by atoms with Crippen LogP contribution < -0.4 is 15.4 Å². The van der Waals surface area contributed by atoms with Crippen LogP contribution >= 0.6 is 11.3 Å². The number of nitrogens with two attached hydrogens (primary N) is 1. The van der Waals surface area contributed by atoms with Crippen LogP contribution in [0.1, 0.15) is 64.5 Å². The monoisotopic (exact) mass is 437 g/mol. The van der Waals surface area contributed by atoms with Crippen molar-refractivity contribution >= 4 is 23.1 Å². The van der Waals surface area contributed by atoms with Gasteiger partial charge >= 0.3 is 0 Å². The zero-order valence-electron chi connectivity index (χ0n) is 17.4. The Bertz CT molecular complexity index is 1140. The van der Waals surface area contributed by atoms with Crippen LogP contribution in [0.2, 0.25) is 0 Å². The summed E-state index contributed by atoms with van der Waals surface area (Å²) in [5, 5.41) is 9.73. The first kappa shape index (κ1) is 19.8. The van der Waals surface area contributed by atoms with Crippen molar-refractivity contribution in [3.63, 3.8) is 0 Å². The predicted molar refractivity (Wildman–Crippen MR) is 116 cm³/mol. The Balaban J connectivity index is 1.51. The highest BCUT2D eigenvalue weighted by Crippen LogP contribution is 2.40. The minimum absolute atomic E-state index is 0.0799. The van der Waals surface area contributed by atoms with Gasteiger partial charge in [-0.25, -0.2) is 15.0 Å². The number of hydrogen-bond donors (Lipinski definition) is 1. The molecule has 10 heteroatoms. The number of carbonyl (C=O) groups is 1. The van der Waals surface area contributed by atoms with Crippen molar-refractivity contribution in [1.29, 1.82) is 0 Å². The summed E-state index contributed by atoms with van der Waals surface area (Å²) in [5.74, 6) is 1.90. The van der Waals surface area contributed by atoms with Crippen LogP contribution in [0.5, 0.6) is 5.75 Å². The number of primary amides is 1. The predicted octanol–water partition coefficient (Wildman–Crippen LogP) is 3.02. The summed E-state index contributed by atoms with van der Waals surface area (Å²) in [7, 11) is 0. The molecule has 0 radical (unpaired) electrons. The van der Waals surface area contributed by atoms with E-state index in [1.54, 1.807) is 12.3 Å². The Hall–Kier alpha value is -3.14. The van der Waals surface area contributed by atoms with E-state index in [1.165, 1.54) is 17.8 Å². The lowest BCUT2D eigenvalue weighted by molar-refractivity contribution is 0.0988. The first-order chi connectivity index (χ1) is 15.0. The van der Waals surface area contributed by atoms with E-state index in [0.717, 1.165) is 58.8 Å². The maximum Gasteiger partial charge on any atom is 0.271 e. The van der Waals surface area contributed by atoms with Crippen LogP contribution in [0, 0.1) is 6.92 Å². The van der Waals surface area contributed by atoms with E-state index in [0.29, 0.717) is 11.7 Å². The van der Waals surface area contributed by atoms with Crippen LogP contribution in [0.4, 0.5) is 5.82 Å². The second-order valence-electron chi connectivity index (χ2n) is 7.94. The summed E-state index contributed by atoms with van der Waals surface area (Å²) >= 11 is 1.45. The molecule has 2 fully saturated rings. The maximum absolute atomic E-state index is 12.0. The van der Waals surface area contributed by atoms with Crippen LogP contribution in [0.3, 0.4) is 0 Å². The van der Waals surface area contributed by atoms with E-state index in [1.807, 2.05) is 19.9 Å². The zero-order valence-corrected chi connectivity index (χ0v) is 18.2. The number of ether oxygens (including phenoxy) is 1. The fourth-order valence-electron chi connectivity index (χ4n) is 3.41. The van der Waals surface area contributed by atoms with Gasteiger partial charge in [0.05, 0.1) is 5.69 Å². The van der Waals surface area contributed by atoms with Crippen LogP contribution in [0.15, 0.2) is 18.3 Å². The number of pyridine rings is 1. The number of amides is 1.